The molecule has 0 aromatic carbocycles. The number of rotatable bonds is 4. The zero-order chi connectivity index (χ0) is 8.69. The van der Waals surface area contributed by atoms with Crippen molar-refractivity contribution in [3.63, 3.8) is 0 Å². The standard InChI is InChI=1S/C9H18N2/c1-5-9(4)11-7-6-10-8(2)3/h6-9H,5H2,1-4H3. The quantitative estimate of drug-likeness (QED) is 0.555. The molecule has 0 aromatic heterocycles. The Labute approximate surface area is 69.4 Å². The van der Waals surface area contributed by atoms with Gasteiger partial charge in [0.05, 0.1) is 0 Å². The van der Waals surface area contributed by atoms with E-state index in [0.29, 0.717) is 12.1 Å². The molecule has 64 valence electrons. The van der Waals surface area contributed by atoms with Crippen molar-refractivity contribution in [3.8, 4) is 0 Å². The second kappa shape index (κ2) is 6.08. The van der Waals surface area contributed by atoms with Gasteiger partial charge in [-0.2, -0.15) is 0 Å². The van der Waals surface area contributed by atoms with Crippen LogP contribution in [0.2, 0.25) is 0 Å². The van der Waals surface area contributed by atoms with E-state index in [4.69, 9.17) is 0 Å². The summed E-state index contributed by atoms with van der Waals surface area (Å²) in [5, 5.41) is 0. The molecule has 0 rings (SSSR count). The molecule has 0 N–H and O–H groups in total. The third-order valence-electron chi connectivity index (χ3n) is 1.38. The lowest BCUT2D eigenvalue weighted by Crippen LogP contribution is -1.96. The first-order chi connectivity index (χ1) is 5.16. The Balaban J connectivity index is 3.59. The lowest BCUT2D eigenvalue weighted by molar-refractivity contribution is 0.721. The van der Waals surface area contributed by atoms with E-state index >= 15 is 0 Å². The SMILES string of the molecule is CCC(C)N=CC=NC(C)C. The molecule has 0 bridgehead atoms. The highest BCUT2D eigenvalue weighted by atomic mass is 14.8. The molecule has 0 aromatic rings. The first kappa shape index (κ1) is 10.3. The normalized spacial score (nSPS) is 15.4. The van der Waals surface area contributed by atoms with E-state index < -0.39 is 0 Å². The molecule has 1 atom stereocenters. The first-order valence-corrected chi connectivity index (χ1v) is 4.21. The fraction of sp³-hybridized carbons (Fsp3) is 0.778. The van der Waals surface area contributed by atoms with E-state index in [-0.39, 0.29) is 0 Å². The van der Waals surface area contributed by atoms with E-state index in [1.807, 2.05) is 13.8 Å². The average molecular weight is 154 g/mol. The molecular formula is C9H18N2. The van der Waals surface area contributed by atoms with Gasteiger partial charge >= 0.3 is 0 Å². The zero-order valence-corrected chi connectivity index (χ0v) is 7.91. The number of aliphatic imine (C=N–C) groups is 2. The van der Waals surface area contributed by atoms with Crippen molar-refractivity contribution in [1.29, 1.82) is 0 Å². The van der Waals surface area contributed by atoms with Gasteiger partial charge in [0, 0.05) is 24.5 Å². The minimum atomic E-state index is 0.374. The summed E-state index contributed by atoms with van der Waals surface area (Å²) in [7, 11) is 0. The van der Waals surface area contributed by atoms with Crippen molar-refractivity contribution >= 4 is 12.4 Å². The molecule has 0 fully saturated rings. The van der Waals surface area contributed by atoms with Crippen molar-refractivity contribution in [1.82, 2.24) is 0 Å². The Morgan fingerprint density at radius 1 is 1.09 bits per heavy atom. The number of hydrogen-bond donors (Lipinski definition) is 0. The maximum absolute atomic E-state index is 4.24. The predicted molar refractivity (Wildman–Crippen MR) is 51.9 cm³/mol. The second-order valence-corrected chi connectivity index (χ2v) is 2.95. The number of hydrogen-bond acceptors (Lipinski definition) is 2. The number of nitrogens with zero attached hydrogens (tertiary/aromatic N) is 2. The molecule has 0 aliphatic rings. The minimum Gasteiger partial charge on any atom is -0.289 e. The van der Waals surface area contributed by atoms with Crippen molar-refractivity contribution in [2.24, 2.45) is 9.98 Å². The Morgan fingerprint density at radius 2 is 1.64 bits per heavy atom. The van der Waals surface area contributed by atoms with E-state index in [1.165, 1.54) is 0 Å². The van der Waals surface area contributed by atoms with Gasteiger partial charge in [-0.3, -0.25) is 9.98 Å². The van der Waals surface area contributed by atoms with Crippen molar-refractivity contribution in [3.05, 3.63) is 0 Å². The van der Waals surface area contributed by atoms with E-state index in [0.717, 1.165) is 6.42 Å². The van der Waals surface area contributed by atoms with Crippen molar-refractivity contribution in [2.75, 3.05) is 0 Å². The van der Waals surface area contributed by atoms with Crippen LogP contribution in [-0.2, 0) is 0 Å². The molecule has 1 unspecified atom stereocenters. The topological polar surface area (TPSA) is 24.7 Å². The monoisotopic (exact) mass is 154 g/mol. The smallest absolute Gasteiger partial charge is 0.0469 e. The molecule has 2 nitrogen and oxygen atoms in total. The Morgan fingerprint density at radius 3 is 2.09 bits per heavy atom. The first-order valence-electron chi connectivity index (χ1n) is 4.21. The highest BCUT2D eigenvalue weighted by molar-refractivity contribution is 6.16. The van der Waals surface area contributed by atoms with Gasteiger partial charge < -0.3 is 0 Å². The van der Waals surface area contributed by atoms with Crippen LogP contribution in [0.3, 0.4) is 0 Å². The summed E-state index contributed by atoms with van der Waals surface area (Å²) in [4.78, 5) is 8.40. The van der Waals surface area contributed by atoms with Gasteiger partial charge in [-0.05, 0) is 27.2 Å². The third kappa shape index (κ3) is 7.23. The van der Waals surface area contributed by atoms with Crippen molar-refractivity contribution in [2.45, 2.75) is 46.2 Å². The van der Waals surface area contributed by atoms with E-state index in [2.05, 4.69) is 23.8 Å². The van der Waals surface area contributed by atoms with Gasteiger partial charge in [0.15, 0.2) is 0 Å². The van der Waals surface area contributed by atoms with Crippen LogP contribution in [0, 0.1) is 0 Å². The van der Waals surface area contributed by atoms with E-state index in [9.17, 15) is 0 Å². The van der Waals surface area contributed by atoms with Crippen LogP contribution in [-0.4, -0.2) is 24.5 Å². The molecule has 0 radical (unpaired) electrons. The Hall–Kier alpha value is -0.660. The molecule has 0 heterocycles. The Bertz CT molecular complexity index is 136. The molecular weight excluding hydrogens is 136 g/mol. The summed E-state index contributed by atoms with van der Waals surface area (Å²) in [6.07, 6.45) is 4.65. The van der Waals surface area contributed by atoms with Crippen molar-refractivity contribution < 1.29 is 0 Å². The van der Waals surface area contributed by atoms with Crippen LogP contribution in [0.5, 0.6) is 0 Å². The molecule has 0 saturated heterocycles. The summed E-state index contributed by atoms with van der Waals surface area (Å²) < 4.78 is 0. The lowest BCUT2D eigenvalue weighted by Gasteiger charge is -1.97. The fourth-order valence-electron chi connectivity index (χ4n) is 0.501. The summed E-state index contributed by atoms with van der Waals surface area (Å²) in [6.45, 7) is 8.32. The molecule has 0 saturated carbocycles. The fourth-order valence-corrected chi connectivity index (χ4v) is 0.501. The highest BCUT2D eigenvalue weighted by Crippen LogP contribution is 1.92. The van der Waals surface area contributed by atoms with Gasteiger partial charge in [0.25, 0.3) is 0 Å². The van der Waals surface area contributed by atoms with E-state index in [1.54, 1.807) is 12.4 Å². The molecule has 11 heavy (non-hydrogen) atoms. The third-order valence-corrected chi connectivity index (χ3v) is 1.38. The summed E-state index contributed by atoms with van der Waals surface area (Å²) in [5.74, 6) is 0. The predicted octanol–water partition coefficient (Wildman–Crippen LogP) is 2.33. The summed E-state index contributed by atoms with van der Waals surface area (Å²) in [6, 6.07) is 0.798. The highest BCUT2D eigenvalue weighted by Gasteiger charge is 1.88. The maximum Gasteiger partial charge on any atom is 0.0469 e. The zero-order valence-electron chi connectivity index (χ0n) is 7.91. The van der Waals surface area contributed by atoms with Crippen LogP contribution in [0.25, 0.3) is 0 Å². The van der Waals surface area contributed by atoms with Crippen LogP contribution < -0.4 is 0 Å². The largest absolute Gasteiger partial charge is 0.289 e. The van der Waals surface area contributed by atoms with Crippen LogP contribution in [0.1, 0.15) is 34.1 Å². The van der Waals surface area contributed by atoms with Crippen LogP contribution in [0.15, 0.2) is 9.98 Å². The van der Waals surface area contributed by atoms with Gasteiger partial charge in [0.1, 0.15) is 0 Å². The van der Waals surface area contributed by atoms with Gasteiger partial charge in [-0.25, -0.2) is 0 Å². The maximum atomic E-state index is 4.24. The minimum absolute atomic E-state index is 0.374. The lowest BCUT2D eigenvalue weighted by atomic mass is 10.3. The Kier molecular flexibility index (Phi) is 5.71. The molecule has 2 heteroatoms. The molecule has 0 aliphatic carbocycles. The molecule has 0 amide bonds. The second-order valence-electron chi connectivity index (χ2n) is 2.95. The van der Waals surface area contributed by atoms with Gasteiger partial charge in [-0.15, -0.1) is 0 Å². The summed E-state index contributed by atoms with van der Waals surface area (Å²) >= 11 is 0. The van der Waals surface area contributed by atoms with Gasteiger partial charge in [-0.1, -0.05) is 6.92 Å². The average Bonchev–Trinajstić information content (AvgIpc) is 1.97. The van der Waals surface area contributed by atoms with Gasteiger partial charge in [0.2, 0.25) is 0 Å². The molecule has 0 aliphatic heterocycles. The summed E-state index contributed by atoms with van der Waals surface area (Å²) in [5.41, 5.74) is 0. The van der Waals surface area contributed by atoms with Crippen LogP contribution >= 0.6 is 0 Å². The van der Waals surface area contributed by atoms with Crippen LogP contribution in [0.4, 0.5) is 0 Å². The molecule has 0 spiro atoms.